The van der Waals surface area contributed by atoms with E-state index < -0.39 is 0 Å². The molecule has 26 heavy (non-hydrogen) atoms. The molecule has 0 aliphatic carbocycles. The first kappa shape index (κ1) is 20.9. The van der Waals surface area contributed by atoms with E-state index in [1.165, 1.54) is 0 Å². The Morgan fingerprint density at radius 1 is 1.23 bits per heavy atom. The van der Waals surface area contributed by atoms with Crippen LogP contribution in [0.15, 0.2) is 12.3 Å². The Hall–Kier alpha value is -1.37. The molecule has 2 aliphatic rings. The predicted octanol–water partition coefficient (Wildman–Crippen LogP) is 3.13. The molecular formula is C18H27Cl2N5O. The van der Waals surface area contributed by atoms with Crippen molar-refractivity contribution >= 4 is 41.8 Å². The molecule has 4 rings (SSSR count). The summed E-state index contributed by atoms with van der Waals surface area (Å²) in [5.74, 6) is 0.135. The highest BCUT2D eigenvalue weighted by molar-refractivity contribution is 5.98. The molecule has 0 radical (unpaired) electrons. The lowest BCUT2D eigenvalue weighted by atomic mass is 10.1. The van der Waals surface area contributed by atoms with Crippen LogP contribution >= 0.6 is 24.8 Å². The average Bonchev–Trinajstić information content (AvgIpc) is 3.05. The van der Waals surface area contributed by atoms with Crippen LogP contribution in [0, 0.1) is 6.92 Å². The van der Waals surface area contributed by atoms with Crippen LogP contribution in [0.1, 0.15) is 55.2 Å². The average molecular weight is 400 g/mol. The third kappa shape index (κ3) is 3.42. The maximum atomic E-state index is 13.2. The van der Waals surface area contributed by atoms with E-state index in [4.69, 9.17) is 4.98 Å². The van der Waals surface area contributed by atoms with Gasteiger partial charge in [0.05, 0.1) is 17.5 Å². The Kier molecular flexibility index (Phi) is 6.53. The zero-order chi connectivity index (χ0) is 16.8. The van der Waals surface area contributed by atoms with Crippen LogP contribution in [0.2, 0.25) is 0 Å². The minimum atomic E-state index is 0. The van der Waals surface area contributed by atoms with Crippen LogP contribution in [0.4, 0.5) is 0 Å². The summed E-state index contributed by atoms with van der Waals surface area (Å²) in [7, 11) is 0. The lowest BCUT2D eigenvalue weighted by molar-refractivity contribution is 0.0679. The minimum absolute atomic E-state index is 0. The van der Waals surface area contributed by atoms with Crippen molar-refractivity contribution in [1.29, 1.82) is 0 Å². The number of aromatic nitrogens is 3. The van der Waals surface area contributed by atoms with Crippen LogP contribution in [0.3, 0.4) is 0 Å². The first-order valence-electron chi connectivity index (χ1n) is 8.94. The number of amides is 1. The van der Waals surface area contributed by atoms with Crippen molar-refractivity contribution in [3.8, 4) is 0 Å². The molecule has 144 valence electrons. The summed E-state index contributed by atoms with van der Waals surface area (Å²) in [6.07, 6.45) is 5.08. The molecule has 2 aliphatic heterocycles. The van der Waals surface area contributed by atoms with Crippen LogP contribution in [0.25, 0.3) is 11.0 Å². The van der Waals surface area contributed by atoms with Crippen LogP contribution in [0.5, 0.6) is 0 Å². The zero-order valence-electron chi connectivity index (χ0n) is 15.4. The number of hydrogen-bond acceptors (Lipinski definition) is 4. The molecule has 1 amide bonds. The number of aryl methyl sites for hydroxylation is 1. The molecule has 0 spiro atoms. The minimum Gasteiger partial charge on any atom is -0.331 e. The van der Waals surface area contributed by atoms with Gasteiger partial charge in [-0.15, -0.1) is 24.8 Å². The Morgan fingerprint density at radius 3 is 2.69 bits per heavy atom. The Labute approximate surface area is 166 Å². The smallest absolute Gasteiger partial charge is 0.256 e. The molecule has 2 bridgehead atoms. The van der Waals surface area contributed by atoms with Gasteiger partial charge in [0.2, 0.25) is 0 Å². The van der Waals surface area contributed by atoms with E-state index in [-0.39, 0.29) is 36.8 Å². The zero-order valence-corrected chi connectivity index (χ0v) is 17.1. The van der Waals surface area contributed by atoms with Crippen molar-refractivity contribution in [1.82, 2.24) is 25.0 Å². The second-order valence-corrected chi connectivity index (χ2v) is 7.31. The van der Waals surface area contributed by atoms with Gasteiger partial charge >= 0.3 is 0 Å². The molecular weight excluding hydrogens is 373 g/mol. The topological polar surface area (TPSA) is 63.1 Å². The summed E-state index contributed by atoms with van der Waals surface area (Å²) in [5.41, 5.74) is 2.38. The summed E-state index contributed by atoms with van der Waals surface area (Å²) in [5, 5.41) is 8.82. The standard InChI is InChI=1S/C18H25N5O.2ClH/c1-11(2)23-17-13(9-20-23)8-16(12(3)21-17)18(24)22-14-4-5-15(22)10-19-7-6-14;;/h8-9,11,14-15,19H,4-7,10H2,1-3H3;2*1H. The quantitative estimate of drug-likeness (QED) is 0.842. The van der Waals surface area contributed by atoms with E-state index in [1.54, 1.807) is 0 Å². The van der Waals surface area contributed by atoms with Gasteiger partial charge in [-0.05, 0) is 52.6 Å². The molecule has 0 aromatic carbocycles. The Morgan fingerprint density at radius 2 is 1.96 bits per heavy atom. The Bertz CT molecular complexity index is 777. The molecule has 2 aromatic rings. The number of halogens is 2. The van der Waals surface area contributed by atoms with Crippen molar-refractivity contribution in [2.24, 2.45) is 0 Å². The molecule has 2 saturated heterocycles. The van der Waals surface area contributed by atoms with Gasteiger partial charge in [0.15, 0.2) is 5.65 Å². The summed E-state index contributed by atoms with van der Waals surface area (Å²) in [6.45, 7) is 8.02. The fourth-order valence-corrected chi connectivity index (χ4v) is 4.11. The first-order chi connectivity index (χ1) is 11.6. The summed E-state index contributed by atoms with van der Waals surface area (Å²) >= 11 is 0. The molecule has 2 fully saturated rings. The van der Waals surface area contributed by atoms with E-state index in [1.807, 2.05) is 23.9 Å². The van der Waals surface area contributed by atoms with Gasteiger partial charge in [0.1, 0.15) is 0 Å². The van der Waals surface area contributed by atoms with Crippen molar-refractivity contribution in [2.45, 2.75) is 58.2 Å². The molecule has 0 saturated carbocycles. The monoisotopic (exact) mass is 399 g/mol. The molecule has 8 heteroatoms. The van der Waals surface area contributed by atoms with Gasteiger partial charge in [0, 0.05) is 30.1 Å². The summed E-state index contributed by atoms with van der Waals surface area (Å²) in [6, 6.07) is 2.91. The molecule has 6 nitrogen and oxygen atoms in total. The first-order valence-corrected chi connectivity index (χ1v) is 8.94. The van der Waals surface area contributed by atoms with Gasteiger partial charge in [-0.1, -0.05) is 0 Å². The molecule has 2 aromatic heterocycles. The van der Waals surface area contributed by atoms with Crippen LogP contribution in [-0.2, 0) is 0 Å². The van der Waals surface area contributed by atoms with Gasteiger partial charge in [-0.25, -0.2) is 9.67 Å². The number of carbonyl (C=O) groups excluding carboxylic acids is 1. The maximum Gasteiger partial charge on any atom is 0.256 e. The van der Waals surface area contributed by atoms with Crippen molar-refractivity contribution < 1.29 is 4.79 Å². The number of fused-ring (bicyclic) bond motifs is 3. The number of pyridine rings is 1. The van der Waals surface area contributed by atoms with E-state index in [2.05, 4.69) is 29.2 Å². The molecule has 4 heterocycles. The fraction of sp³-hybridized carbons (Fsp3) is 0.611. The highest BCUT2D eigenvalue weighted by Crippen LogP contribution is 2.30. The van der Waals surface area contributed by atoms with Gasteiger partial charge in [0.25, 0.3) is 5.91 Å². The van der Waals surface area contributed by atoms with E-state index >= 15 is 0 Å². The van der Waals surface area contributed by atoms with Gasteiger partial charge in [-0.2, -0.15) is 5.10 Å². The van der Waals surface area contributed by atoms with E-state index in [9.17, 15) is 4.79 Å². The largest absolute Gasteiger partial charge is 0.331 e. The van der Waals surface area contributed by atoms with Gasteiger partial charge in [-0.3, -0.25) is 4.79 Å². The number of nitrogens with one attached hydrogen (secondary N) is 1. The second kappa shape index (κ2) is 8.11. The maximum absolute atomic E-state index is 13.2. The SMILES string of the molecule is Cc1nc2c(cnn2C(C)C)cc1C(=O)N1C2CCNCC1CC2.Cl.Cl. The normalized spacial score (nSPS) is 22.1. The van der Waals surface area contributed by atoms with Crippen LogP contribution < -0.4 is 5.32 Å². The molecule has 2 unspecified atom stereocenters. The van der Waals surface area contributed by atoms with Crippen molar-refractivity contribution in [2.75, 3.05) is 13.1 Å². The lowest BCUT2D eigenvalue weighted by Crippen LogP contribution is -2.42. The van der Waals surface area contributed by atoms with Crippen LogP contribution in [-0.4, -0.2) is 50.7 Å². The number of rotatable bonds is 2. The lowest BCUT2D eigenvalue weighted by Gasteiger charge is -2.28. The predicted molar refractivity (Wildman–Crippen MR) is 108 cm³/mol. The van der Waals surface area contributed by atoms with Crippen molar-refractivity contribution in [3.05, 3.63) is 23.5 Å². The highest BCUT2D eigenvalue weighted by atomic mass is 35.5. The number of hydrogen-bond donors (Lipinski definition) is 1. The number of nitrogens with zero attached hydrogens (tertiary/aromatic N) is 4. The third-order valence-electron chi connectivity index (χ3n) is 5.37. The van der Waals surface area contributed by atoms with E-state index in [0.29, 0.717) is 12.1 Å². The fourth-order valence-electron chi connectivity index (χ4n) is 4.11. The number of carbonyl (C=O) groups is 1. The van der Waals surface area contributed by atoms with Crippen molar-refractivity contribution in [3.63, 3.8) is 0 Å². The van der Waals surface area contributed by atoms with Gasteiger partial charge < -0.3 is 10.2 Å². The summed E-state index contributed by atoms with van der Waals surface area (Å²) in [4.78, 5) is 20.1. The second-order valence-electron chi connectivity index (χ2n) is 7.31. The third-order valence-corrected chi connectivity index (χ3v) is 5.37. The highest BCUT2D eigenvalue weighted by Gasteiger charge is 2.38. The molecule has 1 N–H and O–H groups in total. The summed E-state index contributed by atoms with van der Waals surface area (Å²) < 4.78 is 1.91. The molecule has 2 atom stereocenters. The Balaban J connectivity index is 0.00000121. The van der Waals surface area contributed by atoms with E-state index in [0.717, 1.165) is 54.6 Å².